The van der Waals surface area contributed by atoms with Crippen LogP contribution in [0.4, 0.5) is 0 Å². The number of nitrogens with one attached hydrogen (secondary N) is 1. The predicted molar refractivity (Wildman–Crippen MR) is 101 cm³/mol. The number of amides is 1. The lowest BCUT2D eigenvalue weighted by atomic mass is 9.95. The molecule has 0 bridgehead atoms. The van der Waals surface area contributed by atoms with Gasteiger partial charge in [-0.3, -0.25) is 9.89 Å². The van der Waals surface area contributed by atoms with Crippen molar-refractivity contribution in [2.24, 2.45) is 0 Å². The summed E-state index contributed by atoms with van der Waals surface area (Å²) >= 11 is 5.39. The molecule has 2 fully saturated rings. The first-order chi connectivity index (χ1) is 12.7. The molecule has 7 heteroatoms. The summed E-state index contributed by atoms with van der Waals surface area (Å²) in [5.74, 6) is 1.53. The van der Waals surface area contributed by atoms with E-state index in [1.165, 1.54) is 12.8 Å². The van der Waals surface area contributed by atoms with Crippen molar-refractivity contribution >= 4 is 18.1 Å². The van der Waals surface area contributed by atoms with Crippen molar-refractivity contribution in [3.8, 4) is 0 Å². The smallest absolute Gasteiger partial charge is 0.254 e. The number of nitrogens with zero attached hydrogens (tertiary/aromatic N) is 3. The molecule has 1 aromatic carbocycles. The summed E-state index contributed by atoms with van der Waals surface area (Å²) in [4.78, 5) is 14.9. The monoisotopic (exact) mass is 372 g/mol. The summed E-state index contributed by atoms with van der Waals surface area (Å²) < 4.78 is 8.16. The Labute approximate surface area is 158 Å². The third-order valence-electron chi connectivity index (χ3n) is 5.34. The normalized spacial score (nSPS) is 18.3. The number of carbonyl (C=O) groups excluding carboxylic acids is 1. The van der Waals surface area contributed by atoms with Gasteiger partial charge in [0.15, 0.2) is 4.77 Å². The number of likely N-dealkylation sites (tertiary alicyclic amines) is 1. The third-order valence-corrected chi connectivity index (χ3v) is 5.63. The molecule has 1 saturated carbocycles. The Morgan fingerprint density at radius 1 is 1.27 bits per heavy atom. The van der Waals surface area contributed by atoms with Gasteiger partial charge in [0, 0.05) is 37.7 Å². The molecule has 1 aromatic heterocycles. The average Bonchev–Trinajstić information content (AvgIpc) is 3.43. The molecule has 1 saturated heterocycles. The number of aromatic nitrogens is 3. The zero-order valence-corrected chi connectivity index (χ0v) is 15.8. The van der Waals surface area contributed by atoms with Crippen LogP contribution in [0.15, 0.2) is 24.3 Å². The molecule has 0 atom stereocenters. The third kappa shape index (κ3) is 3.33. The van der Waals surface area contributed by atoms with E-state index in [2.05, 4.69) is 14.8 Å². The number of ether oxygens (including phenoxy) is 1. The molecule has 138 valence electrons. The van der Waals surface area contributed by atoms with Gasteiger partial charge >= 0.3 is 0 Å². The summed E-state index contributed by atoms with van der Waals surface area (Å²) in [6.07, 6.45) is 4.22. The van der Waals surface area contributed by atoms with Crippen LogP contribution in [0.3, 0.4) is 0 Å². The first-order valence-corrected chi connectivity index (χ1v) is 9.62. The summed E-state index contributed by atoms with van der Waals surface area (Å²) in [5.41, 5.74) is 1.69. The van der Waals surface area contributed by atoms with Crippen LogP contribution >= 0.6 is 12.2 Å². The number of H-pyrrole nitrogens is 1. The van der Waals surface area contributed by atoms with Gasteiger partial charge < -0.3 is 14.2 Å². The van der Waals surface area contributed by atoms with Crippen LogP contribution in [-0.2, 0) is 11.3 Å². The Bertz CT molecular complexity index is 847. The zero-order chi connectivity index (χ0) is 18.1. The summed E-state index contributed by atoms with van der Waals surface area (Å²) in [7, 11) is 1.65. The lowest BCUT2D eigenvalue weighted by Crippen LogP contribution is -2.38. The Kier molecular flexibility index (Phi) is 4.91. The van der Waals surface area contributed by atoms with Gasteiger partial charge in [-0.1, -0.05) is 18.2 Å². The second kappa shape index (κ2) is 7.32. The van der Waals surface area contributed by atoms with Crippen molar-refractivity contribution in [1.82, 2.24) is 19.7 Å². The topological polar surface area (TPSA) is 63.1 Å². The lowest BCUT2D eigenvalue weighted by molar-refractivity contribution is 0.0705. The Morgan fingerprint density at radius 2 is 2.00 bits per heavy atom. The highest BCUT2D eigenvalue weighted by atomic mass is 32.1. The predicted octanol–water partition coefficient (Wildman–Crippen LogP) is 3.44. The van der Waals surface area contributed by atoms with Gasteiger partial charge in [0.05, 0.1) is 6.61 Å². The highest BCUT2D eigenvalue weighted by molar-refractivity contribution is 7.71. The van der Waals surface area contributed by atoms with Gasteiger partial charge in [-0.05, 0) is 49.5 Å². The molecular weight excluding hydrogens is 348 g/mol. The van der Waals surface area contributed by atoms with Crippen molar-refractivity contribution in [3.63, 3.8) is 0 Å². The standard InChI is InChI=1S/C19H24N4O2S/c1-25-12-14-4-2-3-5-16(14)18(24)22-10-8-13(9-11-22)17-20-21-19(26)23(17)15-6-7-15/h2-5,13,15H,6-12H2,1H3,(H,21,26). The van der Waals surface area contributed by atoms with Gasteiger partial charge in [0.2, 0.25) is 0 Å². The molecule has 1 aliphatic carbocycles. The van der Waals surface area contributed by atoms with E-state index in [0.29, 0.717) is 18.6 Å². The van der Waals surface area contributed by atoms with Crippen molar-refractivity contribution in [1.29, 1.82) is 0 Å². The first-order valence-electron chi connectivity index (χ1n) is 9.22. The summed E-state index contributed by atoms with van der Waals surface area (Å²) in [6.45, 7) is 1.94. The van der Waals surface area contributed by atoms with Gasteiger partial charge in [-0.2, -0.15) is 5.10 Å². The van der Waals surface area contributed by atoms with E-state index >= 15 is 0 Å². The fraction of sp³-hybridized carbons (Fsp3) is 0.526. The number of hydrogen-bond acceptors (Lipinski definition) is 4. The molecule has 2 aromatic rings. The Morgan fingerprint density at radius 3 is 2.69 bits per heavy atom. The second-order valence-electron chi connectivity index (χ2n) is 7.14. The largest absolute Gasteiger partial charge is 0.380 e. The molecule has 0 unspecified atom stereocenters. The molecule has 6 nitrogen and oxygen atoms in total. The van der Waals surface area contributed by atoms with Crippen molar-refractivity contribution in [2.45, 2.75) is 44.2 Å². The molecule has 2 heterocycles. The molecule has 1 amide bonds. The van der Waals surface area contributed by atoms with E-state index in [1.807, 2.05) is 29.2 Å². The van der Waals surface area contributed by atoms with Gasteiger partial charge in [0.1, 0.15) is 5.82 Å². The zero-order valence-electron chi connectivity index (χ0n) is 15.0. The van der Waals surface area contributed by atoms with E-state index in [1.54, 1.807) is 7.11 Å². The van der Waals surface area contributed by atoms with Crippen LogP contribution in [0.2, 0.25) is 0 Å². The van der Waals surface area contributed by atoms with E-state index < -0.39 is 0 Å². The number of benzene rings is 1. The number of aromatic amines is 1. The number of rotatable bonds is 5. The number of carbonyl (C=O) groups is 1. The second-order valence-corrected chi connectivity index (χ2v) is 7.53. The number of hydrogen-bond donors (Lipinski definition) is 1. The molecule has 1 aliphatic heterocycles. The van der Waals surface area contributed by atoms with E-state index in [9.17, 15) is 4.79 Å². The molecule has 26 heavy (non-hydrogen) atoms. The minimum absolute atomic E-state index is 0.0946. The van der Waals surface area contributed by atoms with Gasteiger partial charge in [-0.25, -0.2) is 0 Å². The maximum Gasteiger partial charge on any atom is 0.254 e. The fourth-order valence-corrected chi connectivity index (χ4v) is 4.10. The van der Waals surface area contributed by atoms with Crippen molar-refractivity contribution < 1.29 is 9.53 Å². The minimum atomic E-state index is 0.0946. The first kappa shape index (κ1) is 17.4. The highest BCUT2D eigenvalue weighted by Gasteiger charge is 2.33. The summed E-state index contributed by atoms with van der Waals surface area (Å²) in [5, 5.41) is 7.45. The van der Waals surface area contributed by atoms with Gasteiger partial charge in [0.25, 0.3) is 5.91 Å². The molecule has 2 aliphatic rings. The van der Waals surface area contributed by atoms with E-state index in [0.717, 1.165) is 47.7 Å². The number of methoxy groups -OCH3 is 1. The van der Waals surface area contributed by atoms with Crippen LogP contribution in [0.25, 0.3) is 0 Å². The molecular formula is C19H24N4O2S. The molecule has 4 rings (SSSR count). The van der Waals surface area contributed by atoms with Crippen LogP contribution in [0.1, 0.15) is 59.4 Å². The Hall–Kier alpha value is -1.99. The molecule has 0 radical (unpaired) electrons. The fourth-order valence-electron chi connectivity index (χ4n) is 3.81. The SMILES string of the molecule is COCc1ccccc1C(=O)N1CCC(c2n[nH]c(=S)n2C2CC2)CC1. The average molecular weight is 372 g/mol. The van der Waals surface area contributed by atoms with Gasteiger partial charge in [-0.15, -0.1) is 0 Å². The molecule has 0 spiro atoms. The van der Waals surface area contributed by atoms with Crippen molar-refractivity contribution in [3.05, 3.63) is 46.0 Å². The Balaban J connectivity index is 1.46. The number of piperidine rings is 1. The van der Waals surface area contributed by atoms with Crippen LogP contribution < -0.4 is 0 Å². The lowest BCUT2D eigenvalue weighted by Gasteiger charge is -2.32. The maximum atomic E-state index is 13.0. The van der Waals surface area contributed by atoms with E-state index in [4.69, 9.17) is 17.0 Å². The maximum absolute atomic E-state index is 13.0. The minimum Gasteiger partial charge on any atom is -0.380 e. The highest BCUT2D eigenvalue weighted by Crippen LogP contribution is 2.39. The van der Waals surface area contributed by atoms with Crippen molar-refractivity contribution in [2.75, 3.05) is 20.2 Å². The summed E-state index contributed by atoms with van der Waals surface area (Å²) in [6, 6.07) is 8.22. The van der Waals surface area contributed by atoms with Crippen LogP contribution in [0, 0.1) is 4.77 Å². The van der Waals surface area contributed by atoms with Crippen LogP contribution in [-0.4, -0.2) is 45.8 Å². The quantitative estimate of drug-likeness (QED) is 0.817. The van der Waals surface area contributed by atoms with E-state index in [-0.39, 0.29) is 5.91 Å². The van der Waals surface area contributed by atoms with Crippen LogP contribution in [0.5, 0.6) is 0 Å². The molecule has 1 N–H and O–H groups in total.